The van der Waals surface area contributed by atoms with Crippen molar-refractivity contribution >= 4 is 32.3 Å². The van der Waals surface area contributed by atoms with Crippen molar-refractivity contribution in [3.05, 3.63) is 122 Å². The highest BCUT2D eigenvalue weighted by Crippen LogP contribution is 2.33. The van der Waals surface area contributed by atoms with Gasteiger partial charge >= 0.3 is 0 Å². The summed E-state index contributed by atoms with van der Waals surface area (Å²) in [6.07, 6.45) is 7.00. The molecule has 0 aliphatic carbocycles. The summed E-state index contributed by atoms with van der Waals surface area (Å²) in [5.41, 5.74) is 0. The molecule has 0 saturated heterocycles. The number of aromatic nitrogens is 2. The van der Waals surface area contributed by atoms with Crippen molar-refractivity contribution in [2.24, 2.45) is 0 Å². The fourth-order valence-electron chi connectivity index (χ4n) is 3.29. The van der Waals surface area contributed by atoms with Crippen molar-refractivity contribution in [2.45, 2.75) is 0 Å². The van der Waals surface area contributed by atoms with E-state index in [1.54, 1.807) is 24.8 Å². The molecule has 0 amide bonds. The summed E-state index contributed by atoms with van der Waals surface area (Å²) in [6.45, 7) is 0. The van der Waals surface area contributed by atoms with Crippen LogP contribution in [0.25, 0.3) is 32.3 Å². The van der Waals surface area contributed by atoms with E-state index in [-0.39, 0.29) is 0 Å². The summed E-state index contributed by atoms with van der Waals surface area (Å²) in [7, 11) is 0. The Labute approximate surface area is 164 Å². The molecule has 0 bridgehead atoms. The van der Waals surface area contributed by atoms with Gasteiger partial charge in [-0.15, -0.1) is 0 Å². The molecule has 2 nitrogen and oxygen atoms in total. The largest absolute Gasteiger partial charge is 0.265 e. The van der Waals surface area contributed by atoms with Crippen LogP contribution in [0.4, 0.5) is 0 Å². The average molecular weight is 360 g/mol. The Morgan fingerprint density at radius 2 is 0.643 bits per heavy atom. The van der Waals surface area contributed by atoms with E-state index >= 15 is 0 Å². The molecule has 0 aliphatic rings. The lowest BCUT2D eigenvalue weighted by molar-refractivity contribution is 1.33. The summed E-state index contributed by atoms with van der Waals surface area (Å²) in [5.74, 6) is 0. The molecule has 2 aromatic heterocycles. The van der Waals surface area contributed by atoms with Gasteiger partial charge in [0.05, 0.1) is 0 Å². The van der Waals surface area contributed by atoms with E-state index in [0.717, 1.165) is 0 Å². The smallest absolute Gasteiger partial charge is 0.0267 e. The normalized spacial score (nSPS) is 10.1. The molecule has 2 heteroatoms. The lowest BCUT2D eigenvalue weighted by Gasteiger charge is -2.09. The third-order valence-corrected chi connectivity index (χ3v) is 4.53. The minimum absolute atomic E-state index is 1.34. The Morgan fingerprint density at radius 1 is 0.321 bits per heavy atom. The van der Waals surface area contributed by atoms with Crippen LogP contribution in [-0.4, -0.2) is 9.97 Å². The monoisotopic (exact) mass is 360 g/mol. The quantitative estimate of drug-likeness (QED) is 0.280. The molecule has 0 aliphatic heterocycles. The van der Waals surface area contributed by atoms with Gasteiger partial charge < -0.3 is 0 Å². The maximum atomic E-state index is 3.78. The maximum Gasteiger partial charge on any atom is 0.0267 e. The van der Waals surface area contributed by atoms with Crippen molar-refractivity contribution < 1.29 is 0 Å². The molecule has 0 N–H and O–H groups in total. The van der Waals surface area contributed by atoms with Crippen LogP contribution >= 0.6 is 0 Å². The second-order valence-electron chi connectivity index (χ2n) is 6.34. The van der Waals surface area contributed by atoms with Crippen molar-refractivity contribution in [1.82, 2.24) is 9.97 Å². The first-order chi connectivity index (χ1) is 13.9. The van der Waals surface area contributed by atoms with Crippen LogP contribution in [0.1, 0.15) is 0 Å². The fraction of sp³-hybridized carbons (Fsp3) is 0. The molecule has 4 aromatic carbocycles. The second kappa shape index (κ2) is 8.74. The SMILES string of the molecule is c1cc2ccc3cccc4ccc(c1)c2c34.c1ccncc1.c1ccncc1. The Morgan fingerprint density at radius 3 is 0.857 bits per heavy atom. The number of nitrogens with zero attached hydrogens (tertiary/aromatic N) is 2. The minimum Gasteiger partial charge on any atom is -0.265 e. The number of hydrogen-bond donors (Lipinski definition) is 0. The highest BCUT2D eigenvalue weighted by molar-refractivity contribution is 6.22. The molecule has 0 fully saturated rings. The van der Waals surface area contributed by atoms with Gasteiger partial charge in [0, 0.05) is 24.8 Å². The second-order valence-corrected chi connectivity index (χ2v) is 6.34. The molecule has 0 spiro atoms. The lowest BCUT2D eigenvalue weighted by atomic mass is 9.95. The van der Waals surface area contributed by atoms with E-state index in [9.17, 15) is 0 Å². The molecular formula is C26H20N2. The average Bonchev–Trinajstić information content (AvgIpc) is 2.81. The topological polar surface area (TPSA) is 25.8 Å². The third kappa shape index (κ3) is 3.97. The molecule has 0 saturated carbocycles. The summed E-state index contributed by atoms with van der Waals surface area (Å²) < 4.78 is 0. The van der Waals surface area contributed by atoms with Gasteiger partial charge in [-0.1, -0.05) is 72.8 Å². The Balaban J connectivity index is 0.000000132. The minimum atomic E-state index is 1.34. The van der Waals surface area contributed by atoms with Crippen LogP contribution < -0.4 is 0 Å². The summed E-state index contributed by atoms with van der Waals surface area (Å²) in [4.78, 5) is 7.57. The molecule has 6 aromatic rings. The Hall–Kier alpha value is -3.78. The standard InChI is InChI=1S/C16H10.2C5H5N/c1-3-11-7-9-13-5-2-6-14-10-8-12(4-1)15(11)16(13)14;2*1-2-4-6-5-3-1/h1-10H;2*1-5H. The first-order valence-corrected chi connectivity index (χ1v) is 9.26. The highest BCUT2D eigenvalue weighted by atomic mass is 14.6. The zero-order valence-electron chi connectivity index (χ0n) is 15.4. The van der Waals surface area contributed by atoms with Crippen molar-refractivity contribution in [2.75, 3.05) is 0 Å². The van der Waals surface area contributed by atoms with Gasteiger partial charge in [-0.2, -0.15) is 0 Å². The van der Waals surface area contributed by atoms with Crippen LogP contribution in [0, 0.1) is 0 Å². The predicted octanol–water partition coefficient (Wildman–Crippen LogP) is 6.75. The van der Waals surface area contributed by atoms with Crippen LogP contribution in [-0.2, 0) is 0 Å². The predicted molar refractivity (Wildman–Crippen MR) is 119 cm³/mol. The lowest BCUT2D eigenvalue weighted by Crippen LogP contribution is -1.82. The van der Waals surface area contributed by atoms with Gasteiger partial charge in [0.15, 0.2) is 0 Å². The first-order valence-electron chi connectivity index (χ1n) is 9.26. The summed E-state index contributed by atoms with van der Waals surface area (Å²) in [5, 5.41) is 8.14. The van der Waals surface area contributed by atoms with Crippen molar-refractivity contribution in [1.29, 1.82) is 0 Å². The van der Waals surface area contributed by atoms with E-state index in [2.05, 4.69) is 70.6 Å². The summed E-state index contributed by atoms with van der Waals surface area (Å²) >= 11 is 0. The van der Waals surface area contributed by atoms with Gasteiger partial charge in [-0.3, -0.25) is 9.97 Å². The Kier molecular flexibility index (Phi) is 5.50. The third-order valence-electron chi connectivity index (χ3n) is 4.53. The first kappa shape index (κ1) is 17.6. The molecule has 134 valence electrons. The van der Waals surface area contributed by atoms with Crippen molar-refractivity contribution in [3.63, 3.8) is 0 Å². The van der Waals surface area contributed by atoms with E-state index in [1.807, 2.05) is 36.4 Å². The number of benzene rings is 4. The molecule has 0 radical (unpaired) electrons. The van der Waals surface area contributed by atoms with E-state index in [4.69, 9.17) is 0 Å². The van der Waals surface area contributed by atoms with E-state index in [1.165, 1.54) is 32.3 Å². The van der Waals surface area contributed by atoms with Crippen LogP contribution in [0.15, 0.2) is 122 Å². The van der Waals surface area contributed by atoms with Gasteiger partial charge in [0.2, 0.25) is 0 Å². The molecule has 0 atom stereocenters. The van der Waals surface area contributed by atoms with Gasteiger partial charge in [-0.25, -0.2) is 0 Å². The number of pyridine rings is 2. The van der Waals surface area contributed by atoms with Crippen LogP contribution in [0.2, 0.25) is 0 Å². The summed E-state index contributed by atoms with van der Waals surface area (Å²) in [6, 6.07) is 33.3. The Bertz CT molecular complexity index is 1030. The number of rotatable bonds is 0. The van der Waals surface area contributed by atoms with Crippen LogP contribution in [0.5, 0.6) is 0 Å². The van der Waals surface area contributed by atoms with Crippen molar-refractivity contribution in [3.8, 4) is 0 Å². The molecule has 6 rings (SSSR count). The fourth-order valence-corrected chi connectivity index (χ4v) is 3.29. The maximum absolute atomic E-state index is 3.78. The zero-order chi connectivity index (χ0) is 19.0. The molecule has 2 heterocycles. The number of hydrogen-bond acceptors (Lipinski definition) is 2. The van der Waals surface area contributed by atoms with Crippen LogP contribution in [0.3, 0.4) is 0 Å². The molecular weight excluding hydrogens is 340 g/mol. The highest BCUT2D eigenvalue weighted by Gasteiger charge is 2.05. The van der Waals surface area contributed by atoms with Gasteiger partial charge in [0.25, 0.3) is 0 Å². The molecule has 28 heavy (non-hydrogen) atoms. The van der Waals surface area contributed by atoms with Gasteiger partial charge in [-0.05, 0) is 56.6 Å². The zero-order valence-corrected chi connectivity index (χ0v) is 15.4. The van der Waals surface area contributed by atoms with E-state index in [0.29, 0.717) is 0 Å². The van der Waals surface area contributed by atoms with E-state index < -0.39 is 0 Å². The van der Waals surface area contributed by atoms with Gasteiger partial charge in [0.1, 0.15) is 0 Å². The molecule has 0 unspecified atom stereocenters.